The number of nitrogens with two attached hydrogens (primary N) is 1. The molecule has 0 aliphatic carbocycles. The third-order valence-corrected chi connectivity index (χ3v) is 4.01. The van der Waals surface area contributed by atoms with Crippen molar-refractivity contribution in [2.75, 3.05) is 25.0 Å². The zero-order chi connectivity index (χ0) is 14.4. The van der Waals surface area contributed by atoms with Gasteiger partial charge < -0.3 is 11.1 Å². The predicted molar refractivity (Wildman–Crippen MR) is 82.7 cm³/mol. The summed E-state index contributed by atoms with van der Waals surface area (Å²) >= 11 is 0. The summed E-state index contributed by atoms with van der Waals surface area (Å²) in [6.07, 6.45) is 4.50. The van der Waals surface area contributed by atoms with Gasteiger partial charge in [0, 0.05) is 18.3 Å². The molecule has 1 unspecified atom stereocenters. The highest BCUT2D eigenvalue weighted by atomic mass is 16.2. The topological polar surface area (TPSA) is 58.4 Å². The summed E-state index contributed by atoms with van der Waals surface area (Å²) in [6, 6.07) is 8.40. The van der Waals surface area contributed by atoms with E-state index in [1.54, 1.807) is 0 Å². The lowest BCUT2D eigenvalue weighted by atomic mass is 10.0. The monoisotopic (exact) mass is 275 g/mol. The SMILES string of the molecule is CCc1ccc(NC(=O)CN2CCCCC2CN)cc1. The number of piperidine rings is 1. The number of carbonyl (C=O) groups excluding carboxylic acids is 1. The Hall–Kier alpha value is -1.39. The average molecular weight is 275 g/mol. The smallest absolute Gasteiger partial charge is 0.238 e. The van der Waals surface area contributed by atoms with Gasteiger partial charge in [0.05, 0.1) is 6.54 Å². The third kappa shape index (κ3) is 4.05. The Morgan fingerprint density at radius 2 is 2.10 bits per heavy atom. The van der Waals surface area contributed by atoms with Crippen molar-refractivity contribution >= 4 is 11.6 Å². The fraction of sp³-hybridized carbons (Fsp3) is 0.562. The molecule has 1 atom stereocenters. The fourth-order valence-electron chi connectivity index (χ4n) is 2.74. The van der Waals surface area contributed by atoms with Crippen LogP contribution in [-0.2, 0) is 11.2 Å². The van der Waals surface area contributed by atoms with Crippen LogP contribution in [0.2, 0.25) is 0 Å². The lowest BCUT2D eigenvalue weighted by Crippen LogP contribution is -2.47. The van der Waals surface area contributed by atoms with Crippen LogP contribution in [0.5, 0.6) is 0 Å². The standard InChI is InChI=1S/C16H25N3O/c1-2-13-6-8-14(9-7-13)18-16(20)12-19-10-4-3-5-15(19)11-17/h6-9,15H,2-5,10-12,17H2,1H3,(H,18,20). The van der Waals surface area contributed by atoms with Crippen molar-refractivity contribution in [1.29, 1.82) is 0 Å². The molecule has 0 radical (unpaired) electrons. The first-order chi connectivity index (χ1) is 9.72. The number of carbonyl (C=O) groups is 1. The van der Waals surface area contributed by atoms with Crippen LogP contribution in [0, 0.1) is 0 Å². The molecule has 0 saturated carbocycles. The van der Waals surface area contributed by atoms with E-state index in [1.165, 1.54) is 12.0 Å². The highest BCUT2D eigenvalue weighted by molar-refractivity contribution is 5.92. The Morgan fingerprint density at radius 1 is 1.35 bits per heavy atom. The van der Waals surface area contributed by atoms with E-state index in [-0.39, 0.29) is 5.91 Å². The summed E-state index contributed by atoms with van der Waals surface area (Å²) in [6.45, 7) is 4.18. The van der Waals surface area contributed by atoms with E-state index in [1.807, 2.05) is 12.1 Å². The molecule has 4 heteroatoms. The van der Waals surface area contributed by atoms with Crippen molar-refractivity contribution in [3.63, 3.8) is 0 Å². The Labute approximate surface area is 121 Å². The molecule has 1 heterocycles. The maximum absolute atomic E-state index is 12.1. The molecular weight excluding hydrogens is 250 g/mol. The molecule has 0 bridgehead atoms. The van der Waals surface area contributed by atoms with Crippen molar-refractivity contribution in [1.82, 2.24) is 4.90 Å². The molecule has 1 fully saturated rings. The number of amides is 1. The van der Waals surface area contributed by atoms with Gasteiger partial charge in [-0.2, -0.15) is 0 Å². The molecule has 110 valence electrons. The normalized spacial score (nSPS) is 19.8. The second-order valence-corrected chi connectivity index (χ2v) is 5.45. The summed E-state index contributed by atoms with van der Waals surface area (Å²) in [5, 5.41) is 2.96. The summed E-state index contributed by atoms with van der Waals surface area (Å²) < 4.78 is 0. The van der Waals surface area contributed by atoms with Crippen LogP contribution in [0.3, 0.4) is 0 Å². The van der Waals surface area contributed by atoms with Crippen LogP contribution < -0.4 is 11.1 Å². The molecule has 2 rings (SSSR count). The van der Waals surface area contributed by atoms with E-state index in [0.717, 1.165) is 31.5 Å². The minimum Gasteiger partial charge on any atom is -0.329 e. The van der Waals surface area contributed by atoms with Gasteiger partial charge in [-0.1, -0.05) is 25.5 Å². The first-order valence-corrected chi connectivity index (χ1v) is 7.56. The molecule has 0 aromatic heterocycles. The Balaban J connectivity index is 1.87. The largest absolute Gasteiger partial charge is 0.329 e. The van der Waals surface area contributed by atoms with Crippen LogP contribution in [0.25, 0.3) is 0 Å². The van der Waals surface area contributed by atoms with Crippen molar-refractivity contribution in [3.8, 4) is 0 Å². The third-order valence-electron chi connectivity index (χ3n) is 4.01. The number of aryl methyl sites for hydroxylation is 1. The van der Waals surface area contributed by atoms with Crippen molar-refractivity contribution in [2.45, 2.75) is 38.6 Å². The molecule has 1 aliphatic rings. The van der Waals surface area contributed by atoms with Crippen LogP contribution in [-0.4, -0.2) is 36.5 Å². The van der Waals surface area contributed by atoms with Gasteiger partial charge in [-0.25, -0.2) is 0 Å². The molecule has 20 heavy (non-hydrogen) atoms. The number of rotatable bonds is 5. The second kappa shape index (κ2) is 7.41. The summed E-state index contributed by atoms with van der Waals surface area (Å²) in [5.41, 5.74) is 7.93. The fourth-order valence-corrected chi connectivity index (χ4v) is 2.74. The van der Waals surface area contributed by atoms with Gasteiger partial charge in [-0.15, -0.1) is 0 Å². The van der Waals surface area contributed by atoms with Gasteiger partial charge >= 0.3 is 0 Å². The van der Waals surface area contributed by atoms with E-state index in [4.69, 9.17) is 5.73 Å². The number of benzene rings is 1. The zero-order valence-corrected chi connectivity index (χ0v) is 12.3. The first-order valence-electron chi connectivity index (χ1n) is 7.56. The molecule has 1 aromatic carbocycles. The minimum atomic E-state index is 0.0506. The summed E-state index contributed by atoms with van der Waals surface area (Å²) in [7, 11) is 0. The second-order valence-electron chi connectivity index (χ2n) is 5.45. The van der Waals surface area contributed by atoms with Gasteiger partial charge in [0.1, 0.15) is 0 Å². The number of likely N-dealkylation sites (tertiary alicyclic amines) is 1. The number of hydrogen-bond donors (Lipinski definition) is 2. The van der Waals surface area contributed by atoms with Crippen molar-refractivity contribution in [2.24, 2.45) is 5.73 Å². The van der Waals surface area contributed by atoms with Gasteiger partial charge in [-0.05, 0) is 43.5 Å². The maximum atomic E-state index is 12.1. The molecule has 0 spiro atoms. The van der Waals surface area contributed by atoms with Crippen molar-refractivity contribution in [3.05, 3.63) is 29.8 Å². The predicted octanol–water partition coefficient (Wildman–Crippen LogP) is 2.00. The Morgan fingerprint density at radius 3 is 2.75 bits per heavy atom. The minimum absolute atomic E-state index is 0.0506. The van der Waals surface area contributed by atoms with E-state index >= 15 is 0 Å². The van der Waals surface area contributed by atoms with Gasteiger partial charge in [0.15, 0.2) is 0 Å². The number of anilines is 1. The first kappa shape index (κ1) is 15.0. The number of hydrogen-bond acceptors (Lipinski definition) is 3. The average Bonchev–Trinajstić information content (AvgIpc) is 2.48. The summed E-state index contributed by atoms with van der Waals surface area (Å²) in [5.74, 6) is 0.0506. The van der Waals surface area contributed by atoms with Gasteiger partial charge in [0.2, 0.25) is 5.91 Å². The van der Waals surface area contributed by atoms with E-state index in [0.29, 0.717) is 19.1 Å². The summed E-state index contributed by atoms with van der Waals surface area (Å²) in [4.78, 5) is 14.3. The quantitative estimate of drug-likeness (QED) is 0.864. The molecule has 1 saturated heterocycles. The van der Waals surface area contributed by atoms with E-state index < -0.39 is 0 Å². The lowest BCUT2D eigenvalue weighted by Gasteiger charge is -2.34. The maximum Gasteiger partial charge on any atom is 0.238 e. The molecule has 4 nitrogen and oxygen atoms in total. The van der Waals surface area contributed by atoms with E-state index in [2.05, 4.69) is 29.3 Å². The molecule has 1 aromatic rings. The lowest BCUT2D eigenvalue weighted by molar-refractivity contribution is -0.118. The van der Waals surface area contributed by atoms with Crippen LogP contribution >= 0.6 is 0 Å². The number of nitrogens with zero attached hydrogens (tertiary/aromatic N) is 1. The Bertz CT molecular complexity index is 430. The van der Waals surface area contributed by atoms with Crippen LogP contribution in [0.1, 0.15) is 31.7 Å². The Kier molecular flexibility index (Phi) is 5.56. The van der Waals surface area contributed by atoms with Crippen LogP contribution in [0.15, 0.2) is 24.3 Å². The highest BCUT2D eigenvalue weighted by Crippen LogP contribution is 2.16. The van der Waals surface area contributed by atoms with Crippen LogP contribution in [0.4, 0.5) is 5.69 Å². The zero-order valence-electron chi connectivity index (χ0n) is 12.3. The van der Waals surface area contributed by atoms with Crippen molar-refractivity contribution < 1.29 is 4.79 Å². The number of nitrogens with one attached hydrogen (secondary N) is 1. The molecular formula is C16H25N3O. The molecule has 1 amide bonds. The molecule has 3 N–H and O–H groups in total. The van der Waals surface area contributed by atoms with E-state index in [9.17, 15) is 4.79 Å². The highest BCUT2D eigenvalue weighted by Gasteiger charge is 2.22. The van der Waals surface area contributed by atoms with Gasteiger partial charge in [-0.3, -0.25) is 9.69 Å². The van der Waals surface area contributed by atoms with Gasteiger partial charge in [0.25, 0.3) is 0 Å². The molecule has 1 aliphatic heterocycles.